The molecule has 5 nitrogen and oxygen atoms in total. The van der Waals surface area contributed by atoms with Gasteiger partial charge in [0.1, 0.15) is 0 Å². The molecule has 1 N–H and O–H groups in total. The van der Waals surface area contributed by atoms with Crippen LogP contribution in [0.15, 0.2) is 30.7 Å². The molecule has 0 spiro atoms. The minimum atomic E-state index is 0.784. The van der Waals surface area contributed by atoms with Gasteiger partial charge in [0, 0.05) is 0 Å². The van der Waals surface area contributed by atoms with Crippen LogP contribution in [0.3, 0.4) is 0 Å². The van der Waals surface area contributed by atoms with Gasteiger partial charge in [0.15, 0.2) is 0 Å². The van der Waals surface area contributed by atoms with Crippen molar-refractivity contribution in [2.24, 2.45) is 0 Å². The van der Waals surface area contributed by atoms with E-state index in [-0.39, 0.29) is 0 Å². The molecule has 0 amide bonds. The predicted octanol–water partition coefficient (Wildman–Crippen LogP) is 3.51. The van der Waals surface area contributed by atoms with Crippen LogP contribution in [0.1, 0.15) is 16.3 Å². The molecule has 24 heavy (non-hydrogen) atoms. The van der Waals surface area contributed by atoms with E-state index >= 15 is 0 Å². The van der Waals surface area contributed by atoms with Crippen LogP contribution in [0.25, 0.3) is 11.2 Å². The Labute approximate surface area is 149 Å². The third-order valence-corrected chi connectivity index (χ3v) is 5.30. The van der Waals surface area contributed by atoms with Crippen LogP contribution in [-0.2, 0) is 0 Å². The molecule has 0 aromatic carbocycles. The van der Waals surface area contributed by atoms with Gasteiger partial charge in [0.2, 0.25) is 0 Å². The first kappa shape index (κ1) is 15.5. The first-order valence-corrected chi connectivity index (χ1v) is 9.22. The van der Waals surface area contributed by atoms with E-state index in [1.807, 2.05) is 26.4 Å². The quantitative estimate of drug-likeness (QED) is 0.577. The van der Waals surface area contributed by atoms with Gasteiger partial charge in [0.25, 0.3) is 0 Å². The van der Waals surface area contributed by atoms with Crippen molar-refractivity contribution in [1.82, 2.24) is 18.7 Å². The Balaban J connectivity index is 1.81. The standard InChI is InChI=1S/C16H16BN5S2/c1-10-8-22-13(12-6-17-24-21(3)9-12)7-18-16(22)15(19-10)20-14-5-4-11(2)23-14/h4-9H,1-3H3,(H,19,20). The number of nitrogens with one attached hydrogen (secondary N) is 1. The van der Waals surface area contributed by atoms with Crippen LogP contribution < -0.4 is 5.32 Å². The average Bonchev–Trinajstić information content (AvgIpc) is 3.13. The summed E-state index contributed by atoms with van der Waals surface area (Å²) in [5.74, 6) is 2.89. The summed E-state index contributed by atoms with van der Waals surface area (Å²) < 4.78 is 4.18. The van der Waals surface area contributed by atoms with Crippen molar-refractivity contribution in [3.05, 3.63) is 47.0 Å². The Morgan fingerprint density at radius 2 is 2.12 bits per heavy atom. The van der Waals surface area contributed by atoms with Gasteiger partial charge in [0.05, 0.1) is 0 Å². The fourth-order valence-corrected chi connectivity index (χ4v) is 3.99. The van der Waals surface area contributed by atoms with Gasteiger partial charge in [-0.25, -0.2) is 0 Å². The van der Waals surface area contributed by atoms with Crippen LogP contribution in [-0.4, -0.2) is 37.9 Å². The Morgan fingerprint density at radius 1 is 1.25 bits per heavy atom. The molecule has 0 saturated carbocycles. The summed E-state index contributed by atoms with van der Waals surface area (Å²) in [6.07, 6.45) is 8.12. The Bertz CT molecular complexity index is 972. The fraction of sp³-hybridized carbons (Fsp3) is 0.188. The molecular weight excluding hydrogens is 337 g/mol. The number of hydrogen-bond donors (Lipinski definition) is 1. The van der Waals surface area contributed by atoms with E-state index in [1.165, 1.54) is 4.88 Å². The molecule has 0 aliphatic carbocycles. The van der Waals surface area contributed by atoms with Crippen molar-refractivity contribution in [2.45, 2.75) is 13.8 Å². The van der Waals surface area contributed by atoms with Crippen molar-refractivity contribution >= 4 is 57.3 Å². The maximum absolute atomic E-state index is 4.64. The van der Waals surface area contributed by atoms with Gasteiger partial charge >= 0.3 is 149 Å². The number of rotatable bonds is 3. The van der Waals surface area contributed by atoms with Crippen molar-refractivity contribution in [1.29, 1.82) is 0 Å². The summed E-state index contributed by atoms with van der Waals surface area (Å²) in [6, 6.07) is 4.17. The minimum absolute atomic E-state index is 0.784. The van der Waals surface area contributed by atoms with Gasteiger partial charge in [-0.1, -0.05) is 0 Å². The maximum atomic E-state index is 4.64. The van der Waals surface area contributed by atoms with Crippen molar-refractivity contribution in [2.75, 3.05) is 12.4 Å². The number of hydrogen-bond acceptors (Lipinski definition) is 6. The number of imidazole rings is 1. The predicted molar refractivity (Wildman–Crippen MR) is 105 cm³/mol. The van der Waals surface area contributed by atoms with Gasteiger partial charge in [-0.3, -0.25) is 0 Å². The molecule has 0 radical (unpaired) electrons. The Morgan fingerprint density at radius 3 is 2.88 bits per heavy atom. The zero-order valence-corrected chi connectivity index (χ0v) is 15.3. The molecule has 1 aliphatic rings. The first-order valence-electron chi connectivity index (χ1n) is 7.57. The van der Waals surface area contributed by atoms with Crippen molar-refractivity contribution in [3.8, 4) is 0 Å². The molecule has 3 aromatic heterocycles. The summed E-state index contributed by atoms with van der Waals surface area (Å²) >= 11 is 3.37. The second-order valence-electron chi connectivity index (χ2n) is 5.64. The summed E-state index contributed by atoms with van der Waals surface area (Å²) in [4.78, 5) is 10.5. The van der Waals surface area contributed by atoms with E-state index < -0.39 is 0 Å². The number of allylic oxidation sites excluding steroid dienone is 1. The SMILES string of the molecule is Cc1cn2c(C3=CN(C)SB=C3)cnc2c(Nc2ccc(C)s2)n1. The monoisotopic (exact) mass is 353 g/mol. The van der Waals surface area contributed by atoms with Crippen LogP contribution in [0.5, 0.6) is 0 Å². The summed E-state index contributed by atoms with van der Waals surface area (Å²) in [6.45, 7) is 4.10. The van der Waals surface area contributed by atoms with Gasteiger partial charge < -0.3 is 0 Å². The molecule has 3 aromatic rings. The molecular formula is C16H16BN5S2. The second-order valence-corrected chi connectivity index (χ2v) is 7.99. The van der Waals surface area contributed by atoms with Crippen LogP contribution >= 0.6 is 23.1 Å². The molecule has 120 valence electrons. The number of thiophene rings is 1. The number of aromatic nitrogens is 3. The van der Waals surface area contributed by atoms with Gasteiger partial charge in [-0.15, -0.1) is 0 Å². The molecule has 1 aliphatic heterocycles. The molecule has 0 unspecified atom stereocenters. The second kappa shape index (κ2) is 6.10. The molecule has 0 atom stereocenters. The Hall–Kier alpha value is -2.06. The van der Waals surface area contributed by atoms with E-state index in [9.17, 15) is 0 Å². The Kier molecular flexibility index (Phi) is 3.94. The molecule has 0 saturated heterocycles. The van der Waals surface area contributed by atoms with Crippen LogP contribution in [0.2, 0.25) is 0 Å². The third-order valence-electron chi connectivity index (χ3n) is 3.69. The van der Waals surface area contributed by atoms with E-state index in [0.29, 0.717) is 0 Å². The molecule has 0 fully saturated rings. The zero-order valence-electron chi connectivity index (χ0n) is 13.6. The average molecular weight is 353 g/mol. The number of nitrogens with zero attached hydrogens (tertiary/aromatic N) is 4. The van der Waals surface area contributed by atoms with E-state index in [4.69, 9.17) is 0 Å². The fourth-order valence-electron chi connectivity index (χ4n) is 2.65. The normalized spacial score (nSPS) is 14.0. The van der Waals surface area contributed by atoms with Crippen molar-refractivity contribution in [3.63, 3.8) is 0 Å². The summed E-state index contributed by atoms with van der Waals surface area (Å²) in [5, 5.41) is 4.48. The number of fused-ring (bicyclic) bond motifs is 1. The van der Waals surface area contributed by atoms with Gasteiger partial charge in [-0.2, -0.15) is 0 Å². The molecule has 0 bridgehead atoms. The number of anilines is 2. The summed E-state index contributed by atoms with van der Waals surface area (Å²) in [5.41, 5.74) is 3.97. The van der Waals surface area contributed by atoms with Gasteiger partial charge in [-0.05, 0) is 0 Å². The van der Waals surface area contributed by atoms with E-state index in [0.717, 1.165) is 33.4 Å². The molecule has 8 heteroatoms. The van der Waals surface area contributed by atoms with E-state index in [1.54, 1.807) is 23.1 Å². The zero-order chi connectivity index (χ0) is 16.7. The summed E-state index contributed by atoms with van der Waals surface area (Å²) in [7, 11) is 2.04. The number of aryl methyl sites for hydroxylation is 2. The van der Waals surface area contributed by atoms with E-state index in [2.05, 4.69) is 61.4 Å². The first-order chi connectivity index (χ1) is 11.6. The van der Waals surface area contributed by atoms with Crippen molar-refractivity contribution < 1.29 is 0 Å². The topological polar surface area (TPSA) is 45.5 Å². The van der Waals surface area contributed by atoms with Crippen LogP contribution in [0.4, 0.5) is 10.8 Å². The molecule has 4 rings (SSSR count). The third kappa shape index (κ3) is 2.87. The van der Waals surface area contributed by atoms with Crippen LogP contribution in [0, 0.1) is 13.8 Å². The molecule has 4 heterocycles.